The zero-order chi connectivity index (χ0) is 9.52. The van der Waals surface area contributed by atoms with E-state index in [0.717, 1.165) is 11.9 Å². The Morgan fingerprint density at radius 2 is 2.00 bits per heavy atom. The Kier molecular flexibility index (Phi) is 2.31. The topological polar surface area (TPSA) is 52.0 Å². The first-order valence-electron chi connectivity index (χ1n) is 3.23. The molecule has 0 saturated heterocycles. The lowest BCUT2D eigenvalue weighted by atomic mass is 10.5. The predicted octanol–water partition coefficient (Wildman–Crippen LogP) is 0.895. The predicted molar refractivity (Wildman–Crippen MR) is 48.8 cm³/mol. The van der Waals surface area contributed by atoms with Crippen molar-refractivity contribution in [2.24, 2.45) is 7.05 Å². The third kappa shape index (κ3) is 1.54. The van der Waals surface area contributed by atoms with Gasteiger partial charge >= 0.3 is 0 Å². The highest BCUT2D eigenvalue weighted by atomic mass is 79.9. The highest BCUT2D eigenvalue weighted by Gasteiger charge is 2.18. The SMILES string of the molecule is Cc1c(Br)c(S(C)(=O)=O)nn1C. The molecule has 68 valence electrons. The number of aryl methyl sites for hydroxylation is 1. The van der Waals surface area contributed by atoms with Crippen molar-refractivity contribution in [3.63, 3.8) is 0 Å². The van der Waals surface area contributed by atoms with Crippen LogP contribution in [0.1, 0.15) is 5.69 Å². The van der Waals surface area contributed by atoms with E-state index in [4.69, 9.17) is 0 Å². The maximum absolute atomic E-state index is 11.1. The van der Waals surface area contributed by atoms with Gasteiger partial charge in [0, 0.05) is 13.3 Å². The lowest BCUT2D eigenvalue weighted by molar-refractivity contribution is 0.593. The summed E-state index contributed by atoms with van der Waals surface area (Å²) in [6, 6.07) is 0. The van der Waals surface area contributed by atoms with Gasteiger partial charge in [-0.3, -0.25) is 4.68 Å². The first-order chi connectivity index (χ1) is 5.34. The molecule has 4 nitrogen and oxygen atoms in total. The Morgan fingerprint density at radius 3 is 2.17 bits per heavy atom. The first-order valence-corrected chi connectivity index (χ1v) is 5.91. The maximum atomic E-state index is 11.1. The van der Waals surface area contributed by atoms with E-state index >= 15 is 0 Å². The van der Waals surface area contributed by atoms with Gasteiger partial charge in [-0.25, -0.2) is 8.42 Å². The molecule has 0 N–H and O–H groups in total. The Labute approximate surface area is 79.6 Å². The number of hydrogen-bond acceptors (Lipinski definition) is 3. The lowest BCUT2D eigenvalue weighted by Crippen LogP contribution is -2.00. The number of sulfone groups is 1. The quantitative estimate of drug-likeness (QED) is 0.747. The van der Waals surface area contributed by atoms with Crippen LogP contribution >= 0.6 is 15.9 Å². The van der Waals surface area contributed by atoms with Crippen LogP contribution in [0.3, 0.4) is 0 Å². The highest BCUT2D eigenvalue weighted by Crippen LogP contribution is 2.23. The van der Waals surface area contributed by atoms with Gasteiger partial charge in [0.25, 0.3) is 0 Å². The minimum Gasteiger partial charge on any atom is -0.270 e. The van der Waals surface area contributed by atoms with Gasteiger partial charge in [-0.05, 0) is 22.9 Å². The highest BCUT2D eigenvalue weighted by molar-refractivity contribution is 9.10. The molecule has 0 amide bonds. The van der Waals surface area contributed by atoms with Gasteiger partial charge < -0.3 is 0 Å². The first kappa shape index (κ1) is 9.73. The van der Waals surface area contributed by atoms with E-state index in [1.807, 2.05) is 0 Å². The van der Waals surface area contributed by atoms with Gasteiger partial charge in [-0.1, -0.05) is 0 Å². The van der Waals surface area contributed by atoms with E-state index in [1.54, 1.807) is 14.0 Å². The molecule has 0 spiro atoms. The molecular weight excluding hydrogens is 244 g/mol. The van der Waals surface area contributed by atoms with Crippen LogP contribution in [-0.2, 0) is 16.9 Å². The van der Waals surface area contributed by atoms with Crippen LogP contribution in [0.25, 0.3) is 0 Å². The van der Waals surface area contributed by atoms with Crippen LogP contribution in [0.2, 0.25) is 0 Å². The molecule has 6 heteroatoms. The third-order valence-electron chi connectivity index (χ3n) is 1.58. The molecule has 0 atom stereocenters. The molecule has 1 aromatic rings. The van der Waals surface area contributed by atoms with E-state index in [-0.39, 0.29) is 5.03 Å². The van der Waals surface area contributed by atoms with E-state index < -0.39 is 9.84 Å². The minimum absolute atomic E-state index is 0.0995. The molecule has 0 aliphatic carbocycles. The smallest absolute Gasteiger partial charge is 0.195 e. The molecule has 0 aliphatic heterocycles. The minimum atomic E-state index is -3.21. The second-order valence-electron chi connectivity index (χ2n) is 2.60. The molecule has 12 heavy (non-hydrogen) atoms. The van der Waals surface area contributed by atoms with Crippen molar-refractivity contribution in [1.82, 2.24) is 9.78 Å². The van der Waals surface area contributed by atoms with E-state index in [1.165, 1.54) is 4.68 Å². The van der Waals surface area contributed by atoms with Crippen molar-refractivity contribution in [2.45, 2.75) is 11.9 Å². The molecule has 1 rings (SSSR count). The zero-order valence-corrected chi connectivity index (χ0v) is 9.40. The van der Waals surface area contributed by atoms with E-state index in [2.05, 4.69) is 21.0 Å². The Hall–Kier alpha value is -0.360. The van der Waals surface area contributed by atoms with Crippen LogP contribution in [-0.4, -0.2) is 24.5 Å². The fourth-order valence-corrected chi connectivity index (χ4v) is 2.75. The van der Waals surface area contributed by atoms with Gasteiger partial charge in [0.1, 0.15) is 0 Å². The molecule has 0 radical (unpaired) electrons. The van der Waals surface area contributed by atoms with E-state index in [9.17, 15) is 8.42 Å². The van der Waals surface area contributed by atoms with Crippen LogP contribution in [0.15, 0.2) is 9.50 Å². The fraction of sp³-hybridized carbons (Fsp3) is 0.500. The van der Waals surface area contributed by atoms with Gasteiger partial charge in [0.2, 0.25) is 0 Å². The third-order valence-corrected chi connectivity index (χ3v) is 3.78. The zero-order valence-electron chi connectivity index (χ0n) is 7.00. The van der Waals surface area contributed by atoms with Crippen molar-refractivity contribution in [3.05, 3.63) is 10.2 Å². The Morgan fingerprint density at radius 1 is 1.50 bits per heavy atom. The molecule has 1 heterocycles. The van der Waals surface area contributed by atoms with Crippen LogP contribution < -0.4 is 0 Å². The number of aromatic nitrogens is 2. The van der Waals surface area contributed by atoms with Crippen molar-refractivity contribution >= 4 is 25.8 Å². The standard InChI is InChI=1S/C6H9BrN2O2S/c1-4-5(7)6(8-9(4)2)12(3,10)11/h1-3H3. The number of halogens is 1. The number of nitrogens with zero attached hydrogens (tertiary/aromatic N) is 2. The average molecular weight is 253 g/mol. The summed E-state index contributed by atoms with van der Waals surface area (Å²) in [5.41, 5.74) is 0.801. The maximum Gasteiger partial charge on any atom is 0.195 e. The summed E-state index contributed by atoms with van der Waals surface area (Å²) < 4.78 is 24.3. The fourth-order valence-electron chi connectivity index (χ4n) is 0.789. The summed E-state index contributed by atoms with van der Waals surface area (Å²) in [5.74, 6) is 0. The molecule has 0 bridgehead atoms. The summed E-state index contributed by atoms with van der Waals surface area (Å²) in [7, 11) is -1.51. The second-order valence-corrected chi connectivity index (χ2v) is 5.32. The molecule has 0 saturated carbocycles. The molecule has 0 aliphatic rings. The lowest BCUT2D eigenvalue weighted by Gasteiger charge is -1.90. The van der Waals surface area contributed by atoms with Crippen LogP contribution in [0.4, 0.5) is 0 Å². The summed E-state index contributed by atoms with van der Waals surface area (Å²) >= 11 is 3.17. The number of hydrogen-bond donors (Lipinski definition) is 0. The van der Waals surface area contributed by atoms with Crippen molar-refractivity contribution in [1.29, 1.82) is 0 Å². The summed E-state index contributed by atoms with van der Waals surface area (Å²) in [5, 5.41) is 3.96. The summed E-state index contributed by atoms with van der Waals surface area (Å²) in [6.45, 7) is 1.80. The number of rotatable bonds is 1. The molecule has 0 fully saturated rings. The van der Waals surface area contributed by atoms with Crippen LogP contribution in [0.5, 0.6) is 0 Å². The van der Waals surface area contributed by atoms with Crippen LogP contribution in [0, 0.1) is 6.92 Å². The molecule has 0 unspecified atom stereocenters. The summed E-state index contributed by atoms with van der Waals surface area (Å²) in [4.78, 5) is 0. The van der Waals surface area contributed by atoms with Crippen molar-refractivity contribution in [3.8, 4) is 0 Å². The van der Waals surface area contributed by atoms with E-state index in [0.29, 0.717) is 4.47 Å². The normalized spacial score (nSPS) is 12.0. The monoisotopic (exact) mass is 252 g/mol. The van der Waals surface area contributed by atoms with Gasteiger partial charge in [0.15, 0.2) is 14.9 Å². The molecular formula is C6H9BrN2O2S. The largest absolute Gasteiger partial charge is 0.270 e. The van der Waals surface area contributed by atoms with Gasteiger partial charge in [0.05, 0.1) is 10.2 Å². The Bertz CT molecular complexity index is 407. The summed E-state index contributed by atoms with van der Waals surface area (Å²) in [6.07, 6.45) is 1.14. The van der Waals surface area contributed by atoms with Crippen molar-refractivity contribution in [2.75, 3.05) is 6.26 Å². The second kappa shape index (κ2) is 2.85. The van der Waals surface area contributed by atoms with Crippen molar-refractivity contribution < 1.29 is 8.42 Å². The van der Waals surface area contributed by atoms with Gasteiger partial charge in [-0.2, -0.15) is 5.10 Å². The average Bonchev–Trinajstić information content (AvgIpc) is 2.15. The molecule has 0 aromatic carbocycles. The molecule has 1 aromatic heterocycles. The van der Waals surface area contributed by atoms with Gasteiger partial charge in [-0.15, -0.1) is 0 Å². The Balaban J connectivity index is 3.48.